The van der Waals surface area contributed by atoms with E-state index >= 15 is 0 Å². The zero-order valence-corrected chi connectivity index (χ0v) is 32.9. The van der Waals surface area contributed by atoms with Crippen molar-refractivity contribution in [1.29, 1.82) is 0 Å². The number of esters is 2. The molecule has 0 rings (SSSR count). The highest BCUT2D eigenvalue weighted by molar-refractivity contribution is 5.70. The Kier molecular flexibility index (Phi) is 32.3. The summed E-state index contributed by atoms with van der Waals surface area (Å²) in [5.74, 6) is -1.73. The number of hydrogen-bond acceptors (Lipinski definition) is 7. The van der Waals surface area contributed by atoms with Crippen LogP contribution in [0.25, 0.3) is 0 Å². The van der Waals surface area contributed by atoms with Crippen LogP contribution in [-0.4, -0.2) is 75.5 Å². The molecule has 0 amide bonds. The quantitative estimate of drug-likeness (QED) is 0.0362. The zero-order chi connectivity index (χ0) is 36.4. The molecule has 0 aliphatic rings. The third kappa shape index (κ3) is 32.0. The molecule has 0 aromatic heterocycles. The number of aliphatic carboxylic acids is 1. The van der Waals surface area contributed by atoms with Gasteiger partial charge in [-0.25, -0.2) is 0 Å². The third-order valence-electron chi connectivity index (χ3n) is 9.49. The van der Waals surface area contributed by atoms with Gasteiger partial charge in [0.2, 0.25) is 0 Å². The molecule has 0 heterocycles. The summed E-state index contributed by atoms with van der Waals surface area (Å²) in [4.78, 5) is 36.5. The first-order chi connectivity index (χ1) is 23.6. The third-order valence-corrected chi connectivity index (χ3v) is 9.49. The van der Waals surface area contributed by atoms with E-state index in [4.69, 9.17) is 14.2 Å². The summed E-state index contributed by atoms with van der Waals surface area (Å²) < 4.78 is 17.0. The van der Waals surface area contributed by atoms with Crippen molar-refractivity contribution in [2.45, 2.75) is 206 Å². The first-order valence-electron chi connectivity index (χ1n) is 20.6. The van der Waals surface area contributed by atoms with Gasteiger partial charge >= 0.3 is 11.9 Å². The second-order valence-electron chi connectivity index (χ2n) is 15.2. The number of nitrogens with zero attached hydrogens (tertiary/aromatic N) is 1. The largest absolute Gasteiger partial charge is 0.544 e. The molecule has 0 N–H and O–H groups in total. The summed E-state index contributed by atoms with van der Waals surface area (Å²) in [7, 11) is 5.40. The maximum absolute atomic E-state index is 12.6. The lowest BCUT2D eigenvalue weighted by Gasteiger charge is -2.34. The number of unbranched alkanes of at least 4 members (excludes halogenated alkanes) is 23. The van der Waals surface area contributed by atoms with Crippen LogP contribution in [0.3, 0.4) is 0 Å². The van der Waals surface area contributed by atoms with Crippen molar-refractivity contribution in [2.24, 2.45) is 0 Å². The van der Waals surface area contributed by atoms with Gasteiger partial charge in [0.15, 0.2) is 6.10 Å². The predicted molar refractivity (Wildman–Crippen MR) is 199 cm³/mol. The summed E-state index contributed by atoms with van der Waals surface area (Å²) in [6, 6.07) is -0.717. The lowest BCUT2D eigenvalue weighted by Crippen LogP contribution is -2.55. The molecule has 290 valence electrons. The van der Waals surface area contributed by atoms with E-state index in [9.17, 15) is 19.5 Å². The first kappa shape index (κ1) is 47.3. The van der Waals surface area contributed by atoms with Crippen molar-refractivity contribution in [3.8, 4) is 0 Å². The highest BCUT2D eigenvalue weighted by atomic mass is 16.6. The highest BCUT2D eigenvalue weighted by Crippen LogP contribution is 2.16. The van der Waals surface area contributed by atoms with Crippen LogP contribution in [-0.2, 0) is 28.6 Å². The van der Waals surface area contributed by atoms with E-state index < -0.39 is 18.1 Å². The maximum atomic E-state index is 12.6. The van der Waals surface area contributed by atoms with Gasteiger partial charge in [-0.2, -0.15) is 0 Å². The number of hydrogen-bond donors (Lipinski definition) is 0. The highest BCUT2D eigenvalue weighted by Gasteiger charge is 2.25. The molecule has 8 heteroatoms. The summed E-state index contributed by atoms with van der Waals surface area (Å²) in [6.45, 7) is 4.62. The Balaban J connectivity index is 4.17. The number of quaternary nitrogens is 1. The summed E-state index contributed by atoms with van der Waals surface area (Å²) in [5, 5.41) is 11.6. The maximum Gasteiger partial charge on any atom is 0.306 e. The number of likely N-dealkylation sites (N-methyl/N-ethyl adjacent to an activating group) is 1. The van der Waals surface area contributed by atoms with Gasteiger partial charge in [0.1, 0.15) is 12.6 Å². The molecule has 2 atom stereocenters. The molecule has 49 heavy (non-hydrogen) atoms. The standard InChI is InChI=1S/C41H79NO7/c1-6-8-10-12-14-15-16-17-18-19-20-21-22-23-24-25-26-28-30-32-40(44)49-37(35-47-34-33-38(41(45)46)42(3,4)5)36-48-39(43)31-29-27-13-11-9-7-2/h37-38H,6-36H2,1-5H3. The zero-order valence-electron chi connectivity index (χ0n) is 32.9. The van der Waals surface area contributed by atoms with Crippen molar-refractivity contribution in [3.63, 3.8) is 0 Å². The molecule has 0 aromatic rings. The van der Waals surface area contributed by atoms with Crippen LogP contribution in [0, 0.1) is 0 Å². The Bertz CT molecular complexity index is 782. The Labute approximate surface area is 302 Å². The lowest BCUT2D eigenvalue weighted by atomic mass is 10.0. The van der Waals surface area contributed by atoms with E-state index in [-0.39, 0.29) is 42.7 Å². The van der Waals surface area contributed by atoms with E-state index in [2.05, 4.69) is 13.8 Å². The molecule has 2 unspecified atom stereocenters. The van der Waals surface area contributed by atoms with Gasteiger partial charge in [-0.1, -0.05) is 162 Å². The molecule has 0 saturated heterocycles. The smallest absolute Gasteiger partial charge is 0.306 e. The monoisotopic (exact) mass is 698 g/mol. The number of ether oxygens (including phenoxy) is 3. The van der Waals surface area contributed by atoms with Crippen LogP contribution in [0.1, 0.15) is 194 Å². The van der Waals surface area contributed by atoms with E-state index in [1.807, 2.05) is 0 Å². The van der Waals surface area contributed by atoms with Crippen LogP contribution < -0.4 is 5.11 Å². The van der Waals surface area contributed by atoms with Gasteiger partial charge < -0.3 is 28.6 Å². The topological polar surface area (TPSA) is 102 Å². The van der Waals surface area contributed by atoms with Gasteiger partial charge in [0.05, 0.1) is 40.3 Å². The van der Waals surface area contributed by atoms with Crippen molar-refractivity contribution < 1.29 is 38.2 Å². The summed E-state index contributed by atoms with van der Waals surface area (Å²) in [6.07, 6.45) is 31.5. The molecule has 0 radical (unpaired) electrons. The van der Waals surface area contributed by atoms with Crippen molar-refractivity contribution >= 4 is 17.9 Å². The molecule has 8 nitrogen and oxygen atoms in total. The molecule has 0 fully saturated rings. The minimum absolute atomic E-state index is 0.0478. The minimum atomic E-state index is -1.12. The van der Waals surface area contributed by atoms with Crippen LogP contribution in [0.5, 0.6) is 0 Å². The molecule has 0 aliphatic heterocycles. The molecule has 0 aliphatic carbocycles. The summed E-state index contributed by atoms with van der Waals surface area (Å²) in [5.41, 5.74) is 0. The second kappa shape index (κ2) is 33.5. The van der Waals surface area contributed by atoms with E-state index in [1.54, 1.807) is 21.1 Å². The first-order valence-corrected chi connectivity index (χ1v) is 20.6. The van der Waals surface area contributed by atoms with E-state index in [1.165, 1.54) is 122 Å². The van der Waals surface area contributed by atoms with Crippen LogP contribution in [0.4, 0.5) is 0 Å². The van der Waals surface area contributed by atoms with Gasteiger partial charge in [0, 0.05) is 19.3 Å². The van der Waals surface area contributed by atoms with Crippen molar-refractivity contribution in [1.82, 2.24) is 0 Å². The fraction of sp³-hybridized carbons (Fsp3) is 0.927. The van der Waals surface area contributed by atoms with Gasteiger partial charge in [-0.05, 0) is 12.8 Å². The SMILES string of the molecule is CCCCCCCCCCCCCCCCCCCCCC(=O)OC(COCCC(C(=O)[O-])[N+](C)(C)C)COC(=O)CCCCCCCC. The van der Waals surface area contributed by atoms with Crippen molar-refractivity contribution in [3.05, 3.63) is 0 Å². The molecule has 0 spiro atoms. The Morgan fingerprint density at radius 1 is 0.531 bits per heavy atom. The van der Waals surface area contributed by atoms with E-state index in [0.29, 0.717) is 12.8 Å². The Morgan fingerprint density at radius 2 is 0.898 bits per heavy atom. The van der Waals surface area contributed by atoms with Gasteiger partial charge in [0.25, 0.3) is 0 Å². The molecule has 0 aromatic carbocycles. The lowest BCUT2D eigenvalue weighted by molar-refractivity contribution is -0.889. The molecule has 0 saturated carbocycles. The molecular formula is C41H79NO7. The van der Waals surface area contributed by atoms with Crippen LogP contribution in [0.15, 0.2) is 0 Å². The average Bonchev–Trinajstić information content (AvgIpc) is 3.05. The Morgan fingerprint density at radius 3 is 1.27 bits per heavy atom. The predicted octanol–water partition coefficient (Wildman–Crippen LogP) is 9.25. The minimum Gasteiger partial charge on any atom is -0.544 e. The average molecular weight is 698 g/mol. The van der Waals surface area contributed by atoms with Crippen LogP contribution in [0.2, 0.25) is 0 Å². The normalized spacial score (nSPS) is 12.9. The van der Waals surface area contributed by atoms with E-state index in [0.717, 1.165) is 38.5 Å². The fourth-order valence-corrected chi connectivity index (χ4v) is 6.25. The summed E-state index contributed by atoms with van der Waals surface area (Å²) >= 11 is 0. The van der Waals surface area contributed by atoms with Crippen LogP contribution >= 0.6 is 0 Å². The fourth-order valence-electron chi connectivity index (χ4n) is 6.25. The van der Waals surface area contributed by atoms with Gasteiger partial charge in [-0.3, -0.25) is 9.59 Å². The number of carboxylic acids is 1. The molecular weight excluding hydrogens is 618 g/mol. The molecule has 0 bridgehead atoms. The number of rotatable bonds is 37. The number of carbonyl (C=O) groups is 3. The Hall–Kier alpha value is -1.67. The number of carbonyl (C=O) groups excluding carboxylic acids is 3. The van der Waals surface area contributed by atoms with Gasteiger partial charge in [-0.15, -0.1) is 0 Å². The second-order valence-corrected chi connectivity index (χ2v) is 15.2. The number of carboxylic acid groups (broad SMARTS) is 1. The van der Waals surface area contributed by atoms with Crippen molar-refractivity contribution in [2.75, 3.05) is 41.0 Å².